The summed E-state index contributed by atoms with van der Waals surface area (Å²) >= 11 is 0. The number of carbonyl (C=O) groups is 1. The van der Waals surface area contributed by atoms with Crippen LogP contribution in [0.3, 0.4) is 0 Å². The number of nitrogens with zero attached hydrogens (tertiary/aromatic N) is 2. The molecule has 3 aromatic rings. The van der Waals surface area contributed by atoms with Crippen LogP contribution in [0.25, 0.3) is 22.9 Å². The number of aromatic nitrogens is 2. The van der Waals surface area contributed by atoms with Crippen molar-refractivity contribution in [1.82, 2.24) is 9.78 Å². The zero-order valence-corrected chi connectivity index (χ0v) is 19.6. The molecule has 33 heavy (non-hydrogen) atoms. The number of carbonyl (C=O) groups excluding carboxylic acids is 1. The van der Waals surface area contributed by atoms with Crippen LogP contribution >= 0.6 is 0 Å². The number of rotatable bonds is 12. The Morgan fingerprint density at radius 2 is 1.82 bits per heavy atom. The molecule has 1 heterocycles. The molecular formula is C27H32N2O4. The Labute approximate surface area is 195 Å². The van der Waals surface area contributed by atoms with E-state index in [4.69, 9.17) is 14.2 Å². The Balaban J connectivity index is 1.78. The van der Waals surface area contributed by atoms with Crippen molar-refractivity contribution in [1.29, 1.82) is 0 Å². The molecule has 0 aliphatic rings. The van der Waals surface area contributed by atoms with Crippen molar-refractivity contribution in [3.63, 3.8) is 0 Å². The summed E-state index contributed by atoms with van der Waals surface area (Å²) in [6, 6.07) is 16.0. The fourth-order valence-corrected chi connectivity index (χ4v) is 3.32. The van der Waals surface area contributed by atoms with E-state index in [1.54, 1.807) is 24.7 Å². The van der Waals surface area contributed by atoms with Gasteiger partial charge >= 0.3 is 5.97 Å². The van der Waals surface area contributed by atoms with E-state index in [1.165, 1.54) is 0 Å². The lowest BCUT2D eigenvalue weighted by Gasteiger charge is -2.12. The van der Waals surface area contributed by atoms with Gasteiger partial charge in [0.05, 0.1) is 18.9 Å². The normalized spacial score (nSPS) is 11.4. The zero-order valence-electron chi connectivity index (χ0n) is 19.6. The van der Waals surface area contributed by atoms with Gasteiger partial charge in [0.15, 0.2) is 0 Å². The van der Waals surface area contributed by atoms with Crippen LogP contribution in [0.5, 0.6) is 5.75 Å². The van der Waals surface area contributed by atoms with Crippen LogP contribution in [0.1, 0.15) is 39.2 Å². The summed E-state index contributed by atoms with van der Waals surface area (Å²) in [5.74, 6) is 0.485. The van der Waals surface area contributed by atoms with Gasteiger partial charge in [-0.2, -0.15) is 5.10 Å². The minimum absolute atomic E-state index is 0.325. The van der Waals surface area contributed by atoms with Gasteiger partial charge in [0, 0.05) is 30.1 Å². The van der Waals surface area contributed by atoms with Crippen LogP contribution in [0, 0.1) is 0 Å². The molecule has 6 nitrogen and oxygen atoms in total. The molecule has 2 aromatic carbocycles. The van der Waals surface area contributed by atoms with Gasteiger partial charge in [-0.25, -0.2) is 9.48 Å². The van der Waals surface area contributed by atoms with Gasteiger partial charge in [0.2, 0.25) is 0 Å². The van der Waals surface area contributed by atoms with Crippen LogP contribution < -0.4 is 4.74 Å². The Kier molecular flexibility index (Phi) is 9.27. The topological polar surface area (TPSA) is 62.6 Å². The van der Waals surface area contributed by atoms with Gasteiger partial charge in [0.25, 0.3) is 0 Å². The molecule has 0 aliphatic carbocycles. The van der Waals surface area contributed by atoms with Gasteiger partial charge in [0.1, 0.15) is 12.4 Å². The first-order chi connectivity index (χ1) is 16.1. The van der Waals surface area contributed by atoms with Crippen molar-refractivity contribution in [2.45, 2.75) is 33.6 Å². The van der Waals surface area contributed by atoms with Crippen LogP contribution in [0.4, 0.5) is 0 Å². The molecule has 0 atom stereocenters. The molecule has 0 amide bonds. The highest BCUT2D eigenvalue weighted by Crippen LogP contribution is 2.28. The molecular weight excluding hydrogens is 416 g/mol. The third-order valence-electron chi connectivity index (χ3n) is 5.07. The molecule has 6 heteroatoms. The van der Waals surface area contributed by atoms with Crippen molar-refractivity contribution in [3.05, 3.63) is 72.1 Å². The highest BCUT2D eigenvalue weighted by atomic mass is 16.5. The van der Waals surface area contributed by atoms with Crippen molar-refractivity contribution in [3.8, 4) is 22.6 Å². The van der Waals surface area contributed by atoms with E-state index in [0.29, 0.717) is 25.4 Å². The summed E-state index contributed by atoms with van der Waals surface area (Å²) in [4.78, 5) is 12.2. The number of esters is 1. The van der Waals surface area contributed by atoms with Crippen LogP contribution in [0.2, 0.25) is 0 Å². The van der Waals surface area contributed by atoms with Gasteiger partial charge in [-0.05, 0) is 67.8 Å². The Morgan fingerprint density at radius 1 is 1.03 bits per heavy atom. The van der Waals surface area contributed by atoms with E-state index < -0.39 is 0 Å². The second-order valence-electron chi connectivity index (χ2n) is 7.61. The maximum Gasteiger partial charge on any atom is 0.333 e. The minimum atomic E-state index is -0.325. The largest absolute Gasteiger partial charge is 0.491 e. The summed E-state index contributed by atoms with van der Waals surface area (Å²) in [5.41, 5.74) is 4.38. The molecule has 0 spiro atoms. The molecule has 0 unspecified atom stereocenters. The van der Waals surface area contributed by atoms with Crippen molar-refractivity contribution >= 4 is 12.0 Å². The van der Waals surface area contributed by atoms with Gasteiger partial charge in [-0.1, -0.05) is 31.5 Å². The number of ether oxygens (including phenoxy) is 3. The smallest absolute Gasteiger partial charge is 0.333 e. The summed E-state index contributed by atoms with van der Waals surface area (Å²) in [6.07, 6.45) is 7.65. The van der Waals surface area contributed by atoms with Crippen LogP contribution in [0.15, 0.2) is 66.5 Å². The third-order valence-corrected chi connectivity index (χ3v) is 5.07. The summed E-state index contributed by atoms with van der Waals surface area (Å²) in [5, 5.41) is 4.35. The van der Waals surface area contributed by atoms with Crippen LogP contribution in [-0.4, -0.2) is 42.2 Å². The van der Waals surface area contributed by atoms with E-state index in [0.717, 1.165) is 47.6 Å². The minimum Gasteiger partial charge on any atom is -0.491 e. The van der Waals surface area contributed by atoms with E-state index in [2.05, 4.69) is 18.1 Å². The Bertz CT molecular complexity index is 1040. The van der Waals surface area contributed by atoms with Crippen molar-refractivity contribution in [2.75, 3.05) is 26.4 Å². The fourth-order valence-electron chi connectivity index (χ4n) is 3.32. The molecule has 0 saturated heterocycles. The average molecular weight is 449 g/mol. The maximum atomic E-state index is 12.2. The molecule has 0 bridgehead atoms. The zero-order chi connectivity index (χ0) is 23.5. The van der Waals surface area contributed by atoms with E-state index in [-0.39, 0.29) is 5.97 Å². The first kappa shape index (κ1) is 24.3. The molecule has 0 saturated carbocycles. The van der Waals surface area contributed by atoms with Crippen LogP contribution in [-0.2, 0) is 14.3 Å². The quantitative estimate of drug-likeness (QED) is 0.202. The van der Waals surface area contributed by atoms with Crippen molar-refractivity contribution < 1.29 is 19.0 Å². The van der Waals surface area contributed by atoms with Crippen molar-refractivity contribution in [2.24, 2.45) is 0 Å². The molecule has 0 aliphatic heterocycles. The first-order valence-corrected chi connectivity index (χ1v) is 11.4. The SMILES string of the molecule is CCCCOCCOc1ccc(-c2ccc(-n3cccn3)c(C=C(C)C(=O)OCC)c2)cc1. The lowest BCUT2D eigenvalue weighted by atomic mass is 10.0. The highest BCUT2D eigenvalue weighted by molar-refractivity contribution is 5.94. The van der Waals surface area contributed by atoms with Gasteiger partial charge < -0.3 is 14.2 Å². The second-order valence-corrected chi connectivity index (χ2v) is 7.61. The second kappa shape index (κ2) is 12.6. The van der Waals surface area contributed by atoms with Gasteiger partial charge in [-0.3, -0.25) is 0 Å². The number of unbranched alkanes of at least 4 members (excludes halogenated alkanes) is 1. The maximum absolute atomic E-state index is 12.2. The molecule has 0 fully saturated rings. The molecule has 174 valence electrons. The summed E-state index contributed by atoms with van der Waals surface area (Å²) in [6.45, 7) is 7.95. The first-order valence-electron chi connectivity index (χ1n) is 11.4. The standard InChI is InChI=1S/C27H32N2O4/c1-4-6-16-31-17-18-33-25-11-8-22(9-12-25)23-10-13-26(29-15-7-14-28-29)24(20-23)19-21(3)27(30)32-5-2/h7-15,19-20H,4-6,16-18H2,1-3H3. The van der Waals surface area contributed by atoms with E-state index in [9.17, 15) is 4.79 Å². The average Bonchev–Trinajstić information content (AvgIpc) is 3.36. The molecule has 1 aromatic heterocycles. The summed E-state index contributed by atoms with van der Waals surface area (Å²) < 4.78 is 18.2. The molecule has 3 rings (SSSR count). The third kappa shape index (κ3) is 7.05. The lowest BCUT2D eigenvalue weighted by Crippen LogP contribution is -2.07. The predicted molar refractivity (Wildman–Crippen MR) is 131 cm³/mol. The lowest BCUT2D eigenvalue weighted by molar-refractivity contribution is -0.138. The van der Waals surface area contributed by atoms with Gasteiger partial charge in [-0.15, -0.1) is 0 Å². The Hall–Kier alpha value is -3.38. The van der Waals surface area contributed by atoms with E-state index in [1.807, 2.05) is 54.7 Å². The molecule has 0 N–H and O–H groups in total. The summed E-state index contributed by atoms with van der Waals surface area (Å²) in [7, 11) is 0. The predicted octanol–water partition coefficient (Wildman–Crippen LogP) is 5.70. The fraction of sp³-hybridized carbons (Fsp3) is 0.333. The van der Waals surface area contributed by atoms with E-state index >= 15 is 0 Å². The number of hydrogen-bond acceptors (Lipinski definition) is 5. The Morgan fingerprint density at radius 3 is 2.52 bits per heavy atom. The number of benzene rings is 2. The monoisotopic (exact) mass is 448 g/mol. The number of hydrogen-bond donors (Lipinski definition) is 0. The molecule has 0 radical (unpaired) electrons. The highest BCUT2D eigenvalue weighted by Gasteiger charge is 2.10.